The van der Waals surface area contributed by atoms with Crippen LogP contribution in [0.2, 0.25) is 0 Å². The fraction of sp³-hybridized carbons (Fsp3) is 0.111. The second-order valence-corrected chi connectivity index (χ2v) is 5.52. The first kappa shape index (κ1) is 15.9. The van der Waals surface area contributed by atoms with Crippen molar-refractivity contribution in [2.75, 3.05) is 18.2 Å². The van der Waals surface area contributed by atoms with Crippen LogP contribution in [0.5, 0.6) is 0 Å². The summed E-state index contributed by atoms with van der Waals surface area (Å²) in [4.78, 5) is 14.4. The van der Waals surface area contributed by atoms with E-state index < -0.39 is 0 Å². The second-order valence-electron chi connectivity index (χ2n) is 4.64. The Labute approximate surface area is 134 Å². The molecule has 3 nitrogen and oxygen atoms in total. The lowest BCUT2D eigenvalue weighted by Gasteiger charge is -2.18. The minimum Gasteiger partial charge on any atom is -0.311 e. The number of amides is 1. The predicted molar refractivity (Wildman–Crippen MR) is 92.0 cm³/mol. The minimum atomic E-state index is -0.244. The van der Waals surface area contributed by atoms with Gasteiger partial charge in [-0.3, -0.25) is 4.79 Å². The average molecular weight is 308 g/mol. The number of thioether (sulfide) groups is 1. The molecule has 0 atom stereocenters. The normalized spacial score (nSPS) is 9.86. The van der Waals surface area contributed by atoms with Crippen LogP contribution in [-0.4, -0.2) is 19.2 Å². The van der Waals surface area contributed by atoms with Gasteiger partial charge < -0.3 is 4.90 Å². The predicted octanol–water partition coefficient (Wildman–Crippen LogP) is 4.10. The molecule has 0 N–H and O–H groups in total. The average Bonchev–Trinajstić information content (AvgIpc) is 2.59. The number of likely N-dealkylation sites (N-methyl/N-ethyl adjacent to an activating group) is 1. The third kappa shape index (κ3) is 3.05. The minimum absolute atomic E-state index is 0.244. The monoisotopic (exact) mass is 308 g/mol. The van der Waals surface area contributed by atoms with Crippen LogP contribution < -0.4 is 4.90 Å². The number of hydrogen-bond donors (Lipinski definition) is 0. The number of rotatable bonds is 4. The van der Waals surface area contributed by atoms with E-state index in [0.29, 0.717) is 11.3 Å². The van der Waals surface area contributed by atoms with Gasteiger partial charge in [-0.15, -0.1) is 11.8 Å². The van der Waals surface area contributed by atoms with Crippen LogP contribution in [0.1, 0.15) is 5.56 Å². The van der Waals surface area contributed by atoms with E-state index in [0.717, 1.165) is 16.0 Å². The van der Waals surface area contributed by atoms with Gasteiger partial charge in [0.05, 0.1) is 11.3 Å². The summed E-state index contributed by atoms with van der Waals surface area (Å²) in [6.07, 6.45) is 3.26. The summed E-state index contributed by atoms with van der Waals surface area (Å²) in [5.41, 5.74) is 2.84. The molecule has 0 bridgehead atoms. The molecular weight excluding hydrogens is 292 g/mol. The molecule has 0 aliphatic heterocycles. The number of hydrogen-bond acceptors (Lipinski definition) is 3. The molecule has 2 aromatic rings. The first-order valence-electron chi connectivity index (χ1n) is 6.70. The summed E-state index contributed by atoms with van der Waals surface area (Å²) < 4.78 is 0. The quantitative estimate of drug-likeness (QED) is 0.631. The Morgan fingerprint density at radius 2 is 1.95 bits per heavy atom. The van der Waals surface area contributed by atoms with Crippen molar-refractivity contribution in [3.8, 4) is 17.2 Å². The molecular formula is C18H16N2OS. The number of benzene rings is 2. The highest BCUT2D eigenvalue weighted by Crippen LogP contribution is 2.31. The molecule has 0 saturated heterocycles. The van der Waals surface area contributed by atoms with Crippen molar-refractivity contribution in [1.29, 1.82) is 5.26 Å². The summed E-state index contributed by atoms with van der Waals surface area (Å²) in [5, 5.41) is 9.55. The van der Waals surface area contributed by atoms with Crippen molar-refractivity contribution in [3.63, 3.8) is 0 Å². The van der Waals surface area contributed by atoms with Crippen LogP contribution >= 0.6 is 11.8 Å². The zero-order chi connectivity index (χ0) is 16.1. The van der Waals surface area contributed by atoms with Crippen LogP contribution in [0.4, 0.5) is 5.69 Å². The molecule has 0 fully saturated rings. The van der Waals surface area contributed by atoms with Gasteiger partial charge in [0.15, 0.2) is 0 Å². The highest BCUT2D eigenvalue weighted by Gasteiger charge is 2.15. The van der Waals surface area contributed by atoms with Crippen LogP contribution in [0.15, 0.2) is 60.0 Å². The van der Waals surface area contributed by atoms with Gasteiger partial charge >= 0.3 is 0 Å². The number of nitriles is 1. The van der Waals surface area contributed by atoms with Crippen molar-refractivity contribution in [3.05, 3.63) is 60.7 Å². The van der Waals surface area contributed by atoms with Gasteiger partial charge in [0.1, 0.15) is 6.07 Å². The summed E-state index contributed by atoms with van der Waals surface area (Å²) in [6, 6.07) is 15.7. The maximum absolute atomic E-state index is 11.8. The topological polar surface area (TPSA) is 44.1 Å². The lowest BCUT2D eigenvalue weighted by molar-refractivity contribution is -0.113. The smallest absolute Gasteiger partial charge is 0.250 e. The molecule has 0 saturated carbocycles. The van der Waals surface area contributed by atoms with Crippen molar-refractivity contribution in [2.24, 2.45) is 0 Å². The maximum atomic E-state index is 11.8. The van der Waals surface area contributed by atoms with E-state index >= 15 is 0 Å². The first-order chi connectivity index (χ1) is 10.6. The Bertz CT molecular complexity index is 745. The summed E-state index contributed by atoms with van der Waals surface area (Å²) >= 11 is 1.67. The second kappa shape index (κ2) is 6.97. The molecule has 0 unspecified atom stereocenters. The zero-order valence-corrected chi connectivity index (χ0v) is 13.4. The van der Waals surface area contributed by atoms with E-state index in [2.05, 4.69) is 12.6 Å². The lowest BCUT2D eigenvalue weighted by Crippen LogP contribution is -2.24. The molecule has 2 rings (SSSR count). The third-order valence-corrected chi connectivity index (χ3v) is 4.17. The molecule has 2 aromatic carbocycles. The van der Waals surface area contributed by atoms with Crippen molar-refractivity contribution >= 4 is 23.4 Å². The Hall–Kier alpha value is -2.51. The van der Waals surface area contributed by atoms with Gasteiger partial charge in [-0.2, -0.15) is 5.26 Å². The molecule has 110 valence electrons. The number of anilines is 1. The molecule has 0 aliphatic rings. The van der Waals surface area contributed by atoms with Gasteiger partial charge in [-0.25, -0.2) is 0 Å². The SMILES string of the molecule is C=CC(=O)N(C)c1cccc(-c2ccc(SC)cc2)c1C#N. The van der Waals surface area contributed by atoms with Crippen LogP contribution in [0.3, 0.4) is 0 Å². The molecule has 0 aromatic heterocycles. The van der Waals surface area contributed by atoms with Crippen molar-refractivity contribution in [1.82, 2.24) is 0 Å². The van der Waals surface area contributed by atoms with E-state index in [9.17, 15) is 10.1 Å². The van der Waals surface area contributed by atoms with E-state index in [1.54, 1.807) is 24.9 Å². The summed E-state index contributed by atoms with van der Waals surface area (Å²) in [5.74, 6) is -0.244. The van der Waals surface area contributed by atoms with Crippen LogP contribution in [-0.2, 0) is 4.79 Å². The fourth-order valence-corrected chi connectivity index (χ4v) is 2.61. The molecule has 0 aliphatic carbocycles. The largest absolute Gasteiger partial charge is 0.311 e. The van der Waals surface area contributed by atoms with E-state index in [4.69, 9.17) is 0 Å². The van der Waals surface area contributed by atoms with E-state index in [1.807, 2.05) is 42.7 Å². The fourth-order valence-electron chi connectivity index (χ4n) is 2.20. The molecule has 22 heavy (non-hydrogen) atoms. The standard InChI is InChI=1S/C18H16N2OS/c1-4-18(21)20(2)17-7-5-6-15(16(17)12-19)13-8-10-14(22-3)11-9-13/h4-11H,1H2,2-3H3. The Balaban J connectivity index is 2.55. The molecule has 1 amide bonds. The molecule has 0 heterocycles. The number of carbonyl (C=O) groups excluding carboxylic acids is 1. The first-order valence-corrected chi connectivity index (χ1v) is 7.92. The zero-order valence-electron chi connectivity index (χ0n) is 12.5. The lowest BCUT2D eigenvalue weighted by atomic mass is 9.98. The molecule has 4 heteroatoms. The number of carbonyl (C=O) groups is 1. The maximum Gasteiger partial charge on any atom is 0.250 e. The van der Waals surface area contributed by atoms with Crippen molar-refractivity contribution < 1.29 is 4.79 Å². The van der Waals surface area contributed by atoms with Gasteiger partial charge in [0.25, 0.3) is 0 Å². The third-order valence-electron chi connectivity index (χ3n) is 3.42. The van der Waals surface area contributed by atoms with Gasteiger partial charge in [-0.05, 0) is 36.1 Å². The van der Waals surface area contributed by atoms with Crippen LogP contribution in [0, 0.1) is 11.3 Å². The highest BCUT2D eigenvalue weighted by molar-refractivity contribution is 7.98. The molecule has 0 radical (unpaired) electrons. The molecule has 0 spiro atoms. The number of nitrogens with zero attached hydrogens (tertiary/aromatic N) is 2. The summed E-state index contributed by atoms with van der Waals surface area (Å²) in [7, 11) is 1.64. The van der Waals surface area contributed by atoms with E-state index in [-0.39, 0.29) is 5.91 Å². The Kier molecular flexibility index (Phi) is 5.03. The highest BCUT2D eigenvalue weighted by atomic mass is 32.2. The van der Waals surface area contributed by atoms with Gasteiger partial charge in [-0.1, -0.05) is 30.8 Å². The Morgan fingerprint density at radius 1 is 1.27 bits per heavy atom. The van der Waals surface area contributed by atoms with Crippen molar-refractivity contribution in [2.45, 2.75) is 4.90 Å². The van der Waals surface area contributed by atoms with Gasteiger partial charge in [0, 0.05) is 17.5 Å². The Morgan fingerprint density at radius 3 is 2.50 bits per heavy atom. The van der Waals surface area contributed by atoms with Gasteiger partial charge in [0.2, 0.25) is 5.91 Å². The van der Waals surface area contributed by atoms with Crippen LogP contribution in [0.25, 0.3) is 11.1 Å². The summed E-state index contributed by atoms with van der Waals surface area (Å²) in [6.45, 7) is 3.49. The van der Waals surface area contributed by atoms with E-state index in [1.165, 1.54) is 11.0 Å².